The second kappa shape index (κ2) is 41.3. The molecule has 0 aliphatic carbocycles. The molecule has 16 rings (SSSR count). The molecule has 0 aliphatic rings. The summed E-state index contributed by atoms with van der Waals surface area (Å²) in [4.78, 5) is 0. The zero-order chi connectivity index (χ0) is 92.3. The smallest absolute Gasteiger partial charge is 0.201 e. The molecule has 0 unspecified atom stereocenters. The van der Waals surface area contributed by atoms with E-state index in [9.17, 15) is 0 Å². The Morgan fingerprint density at radius 1 is 0.219 bits per heavy atom. The molecule has 0 saturated carbocycles. The molecule has 5 heterocycles. The van der Waals surface area contributed by atoms with Crippen molar-refractivity contribution in [2.75, 3.05) is 0 Å². The number of hydrogen-bond acceptors (Lipinski definition) is 0. The summed E-state index contributed by atoms with van der Waals surface area (Å²) in [5.41, 5.74) is 54.5. The molecule has 11 aromatic carbocycles. The maximum atomic E-state index is 2.37. The molecular formula is C123H138N5+5. The van der Waals surface area contributed by atoms with Crippen LogP contribution in [0.15, 0.2) is 304 Å². The minimum Gasteiger partial charge on any atom is -0.201 e. The van der Waals surface area contributed by atoms with Gasteiger partial charge in [-0.3, -0.25) is 0 Å². The van der Waals surface area contributed by atoms with E-state index >= 15 is 0 Å². The first kappa shape index (κ1) is 94.3. The van der Waals surface area contributed by atoms with Crippen LogP contribution in [-0.4, -0.2) is 0 Å². The van der Waals surface area contributed by atoms with Crippen molar-refractivity contribution in [2.45, 2.75) is 178 Å². The van der Waals surface area contributed by atoms with Gasteiger partial charge in [0.25, 0.3) is 0 Å². The average molecular weight is 1690 g/mol. The van der Waals surface area contributed by atoms with Gasteiger partial charge in [-0.05, 0) is 337 Å². The van der Waals surface area contributed by atoms with E-state index in [1.165, 1.54) is 229 Å². The number of aryl methyl sites for hydroxylation is 16. The van der Waals surface area contributed by atoms with Crippen LogP contribution in [0, 0.1) is 116 Å². The topological polar surface area (TPSA) is 19.4 Å². The van der Waals surface area contributed by atoms with Crippen LogP contribution in [0.1, 0.15) is 166 Å². The maximum Gasteiger partial charge on any atom is 0.213 e. The van der Waals surface area contributed by atoms with Gasteiger partial charge in [-0.1, -0.05) is 230 Å². The van der Waals surface area contributed by atoms with Crippen LogP contribution in [0.3, 0.4) is 0 Å². The minimum absolute atomic E-state index is 0.284. The van der Waals surface area contributed by atoms with Gasteiger partial charge >= 0.3 is 0 Å². The quantitative estimate of drug-likeness (QED) is 0.0967. The molecule has 0 amide bonds. The third-order valence-electron chi connectivity index (χ3n) is 26.0. The highest BCUT2D eigenvalue weighted by Gasteiger charge is 2.26. The van der Waals surface area contributed by atoms with Crippen molar-refractivity contribution in [1.82, 2.24) is 0 Å². The highest BCUT2D eigenvalue weighted by molar-refractivity contribution is 5.86. The SMILES string of the molecule is Cc1cc[n+](C)c(-c2ccc(C)c(-c3ccccc3C)c2C)c1.Cc1ccccc1-c1c(C)ccc(-c2cc(-c3ccccc3)cc[n+]2C)c1C.Cc1ccccc1-c1c(C)ccc(-c2cc(C(C)C)cc[n+]2C)c1C.Cc1ccccc1-c1c(C)ccc(-c2cc(C(C)C)cc[n+]2C)c1C.Cc1ccccc1-c1c(C)ccc(-c2cc(CC(C)(C)C)cc[n+]2C)c1C. The van der Waals surface area contributed by atoms with Gasteiger partial charge in [0.15, 0.2) is 31.0 Å². The largest absolute Gasteiger partial charge is 0.213 e. The average Bonchev–Trinajstić information content (AvgIpc) is 0.810. The zero-order valence-corrected chi connectivity index (χ0v) is 82.0. The molecule has 0 fully saturated rings. The first-order valence-corrected chi connectivity index (χ1v) is 45.8. The van der Waals surface area contributed by atoms with Gasteiger partial charge in [0, 0.05) is 88.5 Å². The lowest BCUT2D eigenvalue weighted by Gasteiger charge is -2.19. The molecule has 0 aliphatic heterocycles. The van der Waals surface area contributed by atoms with E-state index in [1.54, 1.807) is 0 Å². The maximum absolute atomic E-state index is 2.37. The summed E-state index contributed by atoms with van der Waals surface area (Å²) >= 11 is 0. The summed E-state index contributed by atoms with van der Waals surface area (Å²) in [7, 11) is 10.6. The Bertz CT molecular complexity index is 6540. The van der Waals surface area contributed by atoms with Crippen LogP contribution in [0.5, 0.6) is 0 Å². The summed E-state index contributed by atoms with van der Waals surface area (Å²) in [6.07, 6.45) is 11.9. The minimum atomic E-state index is 0.284. The number of nitrogens with zero attached hydrogens (tertiary/aromatic N) is 5. The number of aromatic nitrogens is 5. The van der Waals surface area contributed by atoms with E-state index in [4.69, 9.17) is 0 Å². The number of hydrogen-bond donors (Lipinski definition) is 0. The zero-order valence-electron chi connectivity index (χ0n) is 82.0. The molecule has 5 nitrogen and oxygen atoms in total. The number of benzene rings is 11. The van der Waals surface area contributed by atoms with Crippen molar-refractivity contribution in [1.29, 1.82) is 0 Å². The molecule has 0 N–H and O–H groups in total. The Morgan fingerprint density at radius 2 is 0.469 bits per heavy atom. The Kier molecular flexibility index (Phi) is 30.4. The Hall–Kier alpha value is -12.8. The number of pyridine rings is 5. The fraction of sp³-hybridized carbons (Fsp3) is 0.260. The van der Waals surface area contributed by atoms with Crippen molar-refractivity contribution < 1.29 is 22.8 Å². The van der Waals surface area contributed by atoms with Crippen LogP contribution in [0.4, 0.5) is 0 Å². The van der Waals surface area contributed by atoms with Crippen molar-refractivity contribution >= 4 is 0 Å². The fourth-order valence-electron chi connectivity index (χ4n) is 18.6. The highest BCUT2D eigenvalue weighted by Crippen LogP contribution is 2.42. The third kappa shape index (κ3) is 21.5. The summed E-state index contributed by atoms with van der Waals surface area (Å²) in [5, 5.41) is 0. The normalized spacial score (nSPS) is 11.1. The van der Waals surface area contributed by atoms with Gasteiger partial charge in [0.1, 0.15) is 35.2 Å². The fourth-order valence-corrected chi connectivity index (χ4v) is 18.6. The summed E-state index contributed by atoms with van der Waals surface area (Å²) in [6, 6.07) is 99.2. The molecular weight excluding hydrogens is 1550 g/mol. The predicted molar refractivity (Wildman–Crippen MR) is 545 cm³/mol. The number of rotatable bonds is 14. The molecule has 650 valence electrons. The highest BCUT2D eigenvalue weighted by atomic mass is 14.9. The van der Waals surface area contributed by atoms with Crippen molar-refractivity contribution in [3.8, 4) is 123 Å². The molecule has 0 bridgehead atoms. The third-order valence-corrected chi connectivity index (χ3v) is 26.0. The lowest BCUT2D eigenvalue weighted by atomic mass is 9.86. The predicted octanol–water partition coefficient (Wildman–Crippen LogP) is 29.7. The second-order valence-electron chi connectivity index (χ2n) is 37.7. The van der Waals surface area contributed by atoms with E-state index in [-0.39, 0.29) is 5.41 Å². The summed E-state index contributed by atoms with van der Waals surface area (Å²) in [6.45, 7) is 51.3. The lowest BCUT2D eigenvalue weighted by molar-refractivity contribution is -0.660. The lowest BCUT2D eigenvalue weighted by Crippen LogP contribution is -2.31. The van der Waals surface area contributed by atoms with Crippen molar-refractivity contribution in [2.24, 2.45) is 40.7 Å². The van der Waals surface area contributed by atoms with Crippen LogP contribution < -0.4 is 22.8 Å². The summed E-state index contributed by atoms with van der Waals surface area (Å²) in [5.74, 6) is 1.06. The van der Waals surface area contributed by atoms with E-state index in [2.05, 4.69) is 521 Å². The Morgan fingerprint density at radius 3 is 0.758 bits per heavy atom. The molecule has 128 heavy (non-hydrogen) atoms. The van der Waals surface area contributed by atoms with Gasteiger partial charge < -0.3 is 0 Å². The van der Waals surface area contributed by atoms with Crippen LogP contribution in [0.2, 0.25) is 0 Å². The van der Waals surface area contributed by atoms with Crippen LogP contribution in [0.25, 0.3) is 123 Å². The molecule has 0 saturated heterocycles. The Balaban J connectivity index is 0.000000145. The first-order chi connectivity index (χ1) is 61.0. The summed E-state index contributed by atoms with van der Waals surface area (Å²) < 4.78 is 11.1. The molecule has 0 radical (unpaired) electrons. The van der Waals surface area contributed by atoms with Gasteiger partial charge in [-0.25, -0.2) is 22.8 Å². The Labute approximate surface area is 768 Å². The molecule has 5 heteroatoms. The van der Waals surface area contributed by atoms with Gasteiger partial charge in [0.05, 0.1) is 0 Å². The molecule has 16 aromatic rings. The van der Waals surface area contributed by atoms with Crippen molar-refractivity contribution in [3.05, 3.63) is 410 Å². The first-order valence-electron chi connectivity index (χ1n) is 45.8. The molecule has 0 atom stereocenters. The standard InChI is InChI=1S/C27H26N.C26H32N.2C24H28N.C22H24N/c1-19-10-8-9-13-24(19)27-20(2)14-15-25(21(27)3)26-18-23(16-17-28(26)4)22-11-6-5-7-12-22;1-18-10-8-9-11-22(18)25-19(2)12-13-23(20(25)3)24-16-21(14-15-27(24)7)17-26(4,5)6;2*1-16(2)20-13-14-25(6)23(15-20)22-12-11-18(4)24(19(22)5)21-10-8-7-9-17(21)3;1-15-12-13-23(5)21(14-15)20-11-10-17(3)22(18(20)4)19-9-7-6-8-16(19)2/h5-18H,1-4H3;8-16H,17H2,1-7H3;2*7-16H,1-6H3;6-14H,1-5H3/q5*+1. The van der Waals surface area contributed by atoms with Crippen LogP contribution in [-0.2, 0) is 41.7 Å². The van der Waals surface area contributed by atoms with Gasteiger partial charge in [-0.2, -0.15) is 0 Å². The van der Waals surface area contributed by atoms with E-state index < -0.39 is 0 Å². The van der Waals surface area contributed by atoms with Crippen molar-refractivity contribution in [3.63, 3.8) is 0 Å². The second-order valence-corrected chi connectivity index (χ2v) is 37.7. The molecule has 5 aromatic heterocycles. The van der Waals surface area contributed by atoms with E-state index in [0.29, 0.717) is 11.8 Å². The van der Waals surface area contributed by atoms with Crippen LogP contribution >= 0.6 is 0 Å². The van der Waals surface area contributed by atoms with E-state index in [0.717, 1.165) is 6.42 Å². The van der Waals surface area contributed by atoms with Gasteiger partial charge in [-0.15, -0.1) is 0 Å². The monoisotopic (exact) mass is 1690 g/mol. The molecule has 0 spiro atoms. The van der Waals surface area contributed by atoms with Gasteiger partial charge in [0.2, 0.25) is 28.5 Å². The van der Waals surface area contributed by atoms with E-state index in [1.807, 2.05) is 0 Å².